The molecule has 0 saturated heterocycles. The van der Waals surface area contributed by atoms with Gasteiger partial charge in [0.1, 0.15) is 11.4 Å². The number of nitrogens with zero attached hydrogens (tertiary/aromatic N) is 2. The second kappa shape index (κ2) is 4.40. The maximum atomic E-state index is 12.6. The molecule has 0 unspecified atom stereocenters. The van der Waals surface area contributed by atoms with Gasteiger partial charge in [-0.1, -0.05) is 0 Å². The SMILES string of the molecule is Cn1nc(-c2ccc(C(=O)Cl)s2)cc1C(F)(F)F. The smallest absolute Gasteiger partial charge is 0.275 e. The standard InChI is InChI=1S/C10H6ClF3N2OS/c1-16-8(10(12,13)14)4-5(15-16)6-2-3-7(18-6)9(11)17/h2-4H,1H3. The van der Waals surface area contributed by atoms with Crippen LogP contribution in [0.15, 0.2) is 18.2 Å². The Bertz CT molecular complexity index is 603. The molecule has 0 atom stereocenters. The minimum Gasteiger partial charge on any atom is -0.275 e. The molecule has 0 aromatic carbocycles. The molecule has 18 heavy (non-hydrogen) atoms. The zero-order valence-corrected chi connectivity index (χ0v) is 10.5. The summed E-state index contributed by atoms with van der Waals surface area (Å²) in [6.45, 7) is 0. The molecule has 2 aromatic rings. The molecule has 8 heteroatoms. The van der Waals surface area contributed by atoms with Crippen molar-refractivity contribution in [3.05, 3.63) is 28.8 Å². The summed E-state index contributed by atoms with van der Waals surface area (Å²) in [5.74, 6) is 0. The summed E-state index contributed by atoms with van der Waals surface area (Å²) in [4.78, 5) is 11.6. The Labute approximate surface area is 109 Å². The molecule has 2 heterocycles. The highest BCUT2D eigenvalue weighted by atomic mass is 35.5. The van der Waals surface area contributed by atoms with E-state index in [9.17, 15) is 18.0 Å². The van der Waals surface area contributed by atoms with Gasteiger partial charge in [-0.2, -0.15) is 18.3 Å². The van der Waals surface area contributed by atoms with Crippen LogP contribution in [-0.4, -0.2) is 15.0 Å². The van der Waals surface area contributed by atoms with Gasteiger partial charge in [-0.3, -0.25) is 9.48 Å². The first-order valence-electron chi connectivity index (χ1n) is 4.70. The third-order valence-electron chi connectivity index (χ3n) is 2.22. The van der Waals surface area contributed by atoms with Crippen molar-refractivity contribution in [3.63, 3.8) is 0 Å². The van der Waals surface area contributed by atoms with E-state index in [-0.39, 0.29) is 10.6 Å². The fourth-order valence-electron chi connectivity index (χ4n) is 1.43. The number of thiophene rings is 1. The summed E-state index contributed by atoms with van der Waals surface area (Å²) >= 11 is 6.28. The third kappa shape index (κ3) is 2.41. The Kier molecular flexibility index (Phi) is 3.20. The number of halogens is 4. The molecule has 0 spiro atoms. The average molecular weight is 295 g/mol. The maximum absolute atomic E-state index is 12.6. The van der Waals surface area contributed by atoms with Crippen LogP contribution in [0.25, 0.3) is 10.6 Å². The first-order chi connectivity index (χ1) is 8.29. The summed E-state index contributed by atoms with van der Waals surface area (Å²) in [5, 5.41) is 3.13. The summed E-state index contributed by atoms with van der Waals surface area (Å²) in [7, 11) is 1.22. The van der Waals surface area contributed by atoms with Crippen LogP contribution < -0.4 is 0 Å². The minimum absolute atomic E-state index is 0.166. The van der Waals surface area contributed by atoms with E-state index < -0.39 is 17.1 Å². The number of carbonyl (C=O) groups excluding carboxylic acids is 1. The molecule has 96 valence electrons. The predicted molar refractivity (Wildman–Crippen MR) is 61.7 cm³/mol. The van der Waals surface area contributed by atoms with Crippen LogP contribution >= 0.6 is 22.9 Å². The van der Waals surface area contributed by atoms with Crippen LogP contribution in [0, 0.1) is 0 Å². The van der Waals surface area contributed by atoms with Crippen LogP contribution in [0.3, 0.4) is 0 Å². The molecule has 2 aromatic heterocycles. The number of hydrogen-bond acceptors (Lipinski definition) is 3. The molecule has 3 nitrogen and oxygen atoms in total. The first-order valence-corrected chi connectivity index (χ1v) is 5.90. The van der Waals surface area contributed by atoms with Crippen molar-refractivity contribution in [1.29, 1.82) is 0 Å². The topological polar surface area (TPSA) is 34.9 Å². The van der Waals surface area contributed by atoms with Crippen LogP contribution in [-0.2, 0) is 13.2 Å². The molecule has 0 fully saturated rings. The molecule has 0 amide bonds. The highest BCUT2D eigenvalue weighted by molar-refractivity contribution is 7.18. The van der Waals surface area contributed by atoms with Crippen molar-refractivity contribution in [3.8, 4) is 10.6 Å². The molecule has 0 aliphatic heterocycles. The number of alkyl halides is 3. The molecular formula is C10H6ClF3N2OS. The Morgan fingerprint density at radius 1 is 1.44 bits per heavy atom. The van der Waals surface area contributed by atoms with E-state index >= 15 is 0 Å². The molecule has 0 radical (unpaired) electrons. The summed E-state index contributed by atoms with van der Waals surface area (Å²) in [6, 6.07) is 3.91. The summed E-state index contributed by atoms with van der Waals surface area (Å²) < 4.78 is 38.5. The van der Waals surface area contributed by atoms with Crippen molar-refractivity contribution >= 4 is 28.2 Å². The molecule has 2 rings (SSSR count). The van der Waals surface area contributed by atoms with Crippen molar-refractivity contribution in [1.82, 2.24) is 9.78 Å². The number of aryl methyl sites for hydroxylation is 1. The van der Waals surface area contributed by atoms with E-state index in [2.05, 4.69) is 5.10 Å². The van der Waals surface area contributed by atoms with Crippen molar-refractivity contribution in [2.75, 3.05) is 0 Å². The van der Waals surface area contributed by atoms with E-state index in [1.54, 1.807) is 0 Å². The van der Waals surface area contributed by atoms with Gasteiger partial charge in [0.15, 0.2) is 0 Å². The number of carbonyl (C=O) groups is 1. The Balaban J connectivity index is 2.42. The van der Waals surface area contributed by atoms with Crippen LogP contribution in [0.1, 0.15) is 15.4 Å². The highest BCUT2D eigenvalue weighted by Gasteiger charge is 2.35. The Hall–Kier alpha value is -1.34. The number of rotatable bonds is 2. The Morgan fingerprint density at radius 2 is 2.11 bits per heavy atom. The molecule has 0 bridgehead atoms. The van der Waals surface area contributed by atoms with Gasteiger partial charge in [0.25, 0.3) is 5.24 Å². The Morgan fingerprint density at radius 3 is 2.56 bits per heavy atom. The lowest BCUT2D eigenvalue weighted by Gasteiger charge is -2.04. The minimum atomic E-state index is -4.46. The lowest BCUT2D eigenvalue weighted by molar-refractivity contribution is -0.143. The largest absolute Gasteiger partial charge is 0.433 e. The number of hydrogen-bond donors (Lipinski definition) is 0. The van der Waals surface area contributed by atoms with Gasteiger partial charge in [0.2, 0.25) is 0 Å². The zero-order valence-electron chi connectivity index (χ0n) is 8.95. The van der Waals surface area contributed by atoms with E-state index in [4.69, 9.17) is 11.6 Å². The van der Waals surface area contributed by atoms with E-state index in [1.165, 1.54) is 19.2 Å². The lowest BCUT2D eigenvalue weighted by atomic mass is 10.3. The van der Waals surface area contributed by atoms with Crippen molar-refractivity contribution < 1.29 is 18.0 Å². The normalized spacial score (nSPS) is 11.8. The van der Waals surface area contributed by atoms with Crippen LogP contribution in [0.4, 0.5) is 13.2 Å². The second-order valence-electron chi connectivity index (χ2n) is 3.47. The first kappa shape index (κ1) is 13.1. The molecule has 0 saturated carbocycles. The zero-order chi connectivity index (χ0) is 13.5. The van der Waals surface area contributed by atoms with E-state index in [0.29, 0.717) is 4.88 Å². The molecule has 0 N–H and O–H groups in total. The van der Waals surface area contributed by atoms with Crippen molar-refractivity contribution in [2.24, 2.45) is 7.05 Å². The quantitative estimate of drug-likeness (QED) is 0.794. The van der Waals surface area contributed by atoms with Gasteiger partial charge in [0.05, 0.1) is 9.75 Å². The van der Waals surface area contributed by atoms with Gasteiger partial charge in [-0.25, -0.2) is 0 Å². The highest BCUT2D eigenvalue weighted by Crippen LogP contribution is 2.34. The third-order valence-corrected chi connectivity index (χ3v) is 3.64. The average Bonchev–Trinajstić information content (AvgIpc) is 2.81. The van der Waals surface area contributed by atoms with Crippen molar-refractivity contribution in [2.45, 2.75) is 6.18 Å². The van der Waals surface area contributed by atoms with E-state index in [1.807, 2.05) is 0 Å². The van der Waals surface area contributed by atoms with E-state index in [0.717, 1.165) is 22.1 Å². The van der Waals surface area contributed by atoms with Gasteiger partial charge < -0.3 is 0 Å². The van der Waals surface area contributed by atoms with Gasteiger partial charge >= 0.3 is 6.18 Å². The molecule has 0 aliphatic carbocycles. The monoisotopic (exact) mass is 294 g/mol. The van der Waals surface area contributed by atoms with Gasteiger partial charge in [0, 0.05) is 7.05 Å². The number of aromatic nitrogens is 2. The second-order valence-corrected chi connectivity index (χ2v) is 4.90. The molecular weight excluding hydrogens is 289 g/mol. The lowest BCUT2D eigenvalue weighted by Crippen LogP contribution is -2.11. The maximum Gasteiger partial charge on any atom is 0.433 e. The fourth-order valence-corrected chi connectivity index (χ4v) is 2.41. The predicted octanol–water partition coefficient (Wildman–Crippen LogP) is 3.55. The van der Waals surface area contributed by atoms with Crippen LogP contribution in [0.5, 0.6) is 0 Å². The van der Waals surface area contributed by atoms with Gasteiger partial charge in [-0.05, 0) is 29.8 Å². The fraction of sp³-hybridized carbons (Fsp3) is 0.200. The summed E-state index contributed by atoms with van der Waals surface area (Å²) in [5.41, 5.74) is -0.677. The molecule has 0 aliphatic rings. The summed E-state index contributed by atoms with van der Waals surface area (Å²) in [6.07, 6.45) is -4.46. The van der Waals surface area contributed by atoms with Crippen LogP contribution in [0.2, 0.25) is 0 Å². The van der Waals surface area contributed by atoms with Gasteiger partial charge in [-0.15, -0.1) is 11.3 Å².